The van der Waals surface area contributed by atoms with E-state index in [0.717, 1.165) is 0 Å². The molecule has 19 heavy (non-hydrogen) atoms. The van der Waals surface area contributed by atoms with Crippen molar-refractivity contribution >= 4 is 0 Å². The molecule has 102 valence electrons. The van der Waals surface area contributed by atoms with Crippen LogP contribution >= 0.6 is 0 Å². The zero-order chi connectivity index (χ0) is 13.8. The van der Waals surface area contributed by atoms with Gasteiger partial charge in [0.15, 0.2) is 5.82 Å². The van der Waals surface area contributed by atoms with Crippen LogP contribution in [0.4, 0.5) is 4.39 Å². The Morgan fingerprint density at radius 2 is 2.26 bits per heavy atom. The second-order valence-electron chi connectivity index (χ2n) is 4.14. The summed E-state index contributed by atoms with van der Waals surface area (Å²) in [6, 6.07) is 4.07. The molecular formula is C13H16FN3O2. The van der Waals surface area contributed by atoms with Gasteiger partial charge in [-0.15, -0.1) is 0 Å². The number of rotatable bonds is 5. The molecule has 1 heterocycles. The van der Waals surface area contributed by atoms with E-state index in [1.54, 1.807) is 11.6 Å². The fourth-order valence-electron chi connectivity index (χ4n) is 1.78. The van der Waals surface area contributed by atoms with E-state index in [1.165, 1.54) is 24.5 Å². The van der Waals surface area contributed by atoms with Gasteiger partial charge in [-0.3, -0.25) is 0 Å². The standard InChI is InChI=1S/C13H16FN3O2/c1-3-17-13(15-8-16-17)7-19-12-6-10(14)4-5-11(12)9(2)18/h4-6,8-9,18H,3,7H2,1-2H3. The number of aliphatic hydroxyl groups excluding tert-OH is 1. The van der Waals surface area contributed by atoms with Crippen LogP contribution in [0.25, 0.3) is 0 Å². The van der Waals surface area contributed by atoms with E-state index in [4.69, 9.17) is 4.74 Å². The second-order valence-corrected chi connectivity index (χ2v) is 4.14. The molecule has 1 N–H and O–H groups in total. The van der Waals surface area contributed by atoms with E-state index in [1.807, 2.05) is 6.92 Å². The normalized spacial score (nSPS) is 12.4. The van der Waals surface area contributed by atoms with Crippen molar-refractivity contribution in [1.82, 2.24) is 14.8 Å². The average molecular weight is 265 g/mol. The molecule has 0 fully saturated rings. The molecule has 1 unspecified atom stereocenters. The third-order valence-corrected chi connectivity index (χ3v) is 2.78. The summed E-state index contributed by atoms with van der Waals surface area (Å²) in [7, 11) is 0. The lowest BCUT2D eigenvalue weighted by Gasteiger charge is -2.13. The lowest BCUT2D eigenvalue weighted by atomic mass is 10.1. The number of halogens is 1. The van der Waals surface area contributed by atoms with Crippen LogP contribution in [-0.2, 0) is 13.2 Å². The van der Waals surface area contributed by atoms with Crippen LogP contribution in [0.2, 0.25) is 0 Å². The maximum absolute atomic E-state index is 13.2. The van der Waals surface area contributed by atoms with E-state index >= 15 is 0 Å². The minimum atomic E-state index is -0.723. The molecule has 0 aliphatic rings. The van der Waals surface area contributed by atoms with Crippen molar-refractivity contribution in [2.75, 3.05) is 0 Å². The van der Waals surface area contributed by atoms with E-state index < -0.39 is 11.9 Å². The zero-order valence-corrected chi connectivity index (χ0v) is 10.9. The van der Waals surface area contributed by atoms with Crippen LogP contribution in [0.3, 0.4) is 0 Å². The fraction of sp³-hybridized carbons (Fsp3) is 0.385. The van der Waals surface area contributed by atoms with Gasteiger partial charge in [-0.2, -0.15) is 5.10 Å². The highest BCUT2D eigenvalue weighted by Crippen LogP contribution is 2.26. The van der Waals surface area contributed by atoms with Crippen molar-refractivity contribution in [1.29, 1.82) is 0 Å². The summed E-state index contributed by atoms with van der Waals surface area (Å²) in [6.07, 6.45) is 0.725. The summed E-state index contributed by atoms with van der Waals surface area (Å²) in [6.45, 7) is 4.42. The first-order valence-electron chi connectivity index (χ1n) is 6.08. The van der Waals surface area contributed by atoms with Crippen LogP contribution in [0.15, 0.2) is 24.5 Å². The number of ether oxygens (including phenoxy) is 1. The summed E-state index contributed by atoms with van der Waals surface area (Å²) in [4.78, 5) is 4.07. The minimum absolute atomic E-state index is 0.178. The zero-order valence-electron chi connectivity index (χ0n) is 10.9. The van der Waals surface area contributed by atoms with Gasteiger partial charge in [0.05, 0.1) is 6.10 Å². The summed E-state index contributed by atoms with van der Waals surface area (Å²) < 4.78 is 20.5. The number of benzene rings is 1. The van der Waals surface area contributed by atoms with Crippen molar-refractivity contribution < 1.29 is 14.2 Å². The van der Waals surface area contributed by atoms with Crippen molar-refractivity contribution in [2.24, 2.45) is 0 Å². The van der Waals surface area contributed by atoms with E-state index in [0.29, 0.717) is 23.7 Å². The number of aromatic nitrogens is 3. The molecule has 5 nitrogen and oxygen atoms in total. The summed E-state index contributed by atoms with van der Waals surface area (Å²) in [5, 5.41) is 13.6. The molecule has 0 spiro atoms. The van der Waals surface area contributed by atoms with Crippen molar-refractivity contribution in [2.45, 2.75) is 33.1 Å². The molecule has 2 rings (SSSR count). The Morgan fingerprint density at radius 1 is 1.47 bits per heavy atom. The molecule has 2 aromatic rings. The highest BCUT2D eigenvalue weighted by atomic mass is 19.1. The van der Waals surface area contributed by atoms with E-state index in [2.05, 4.69) is 10.1 Å². The third-order valence-electron chi connectivity index (χ3n) is 2.78. The Labute approximate surface area is 110 Å². The Bertz CT molecular complexity index is 555. The van der Waals surface area contributed by atoms with Gasteiger partial charge in [-0.1, -0.05) is 0 Å². The minimum Gasteiger partial charge on any atom is -0.485 e. The van der Waals surface area contributed by atoms with Crippen molar-refractivity contribution in [3.63, 3.8) is 0 Å². The van der Waals surface area contributed by atoms with E-state index in [-0.39, 0.29) is 6.61 Å². The first kappa shape index (κ1) is 13.5. The largest absolute Gasteiger partial charge is 0.485 e. The number of aryl methyl sites for hydroxylation is 1. The molecule has 0 saturated carbocycles. The third kappa shape index (κ3) is 3.08. The molecule has 0 aliphatic carbocycles. The number of hydrogen-bond donors (Lipinski definition) is 1. The molecular weight excluding hydrogens is 249 g/mol. The predicted octanol–water partition coefficient (Wildman–Crippen LogP) is 2.07. The lowest BCUT2D eigenvalue weighted by Crippen LogP contribution is -2.08. The van der Waals surface area contributed by atoms with Gasteiger partial charge in [0, 0.05) is 18.2 Å². The molecule has 6 heteroatoms. The molecule has 0 bridgehead atoms. The highest BCUT2D eigenvalue weighted by molar-refractivity contribution is 5.35. The van der Waals surface area contributed by atoms with Crippen LogP contribution in [0, 0.1) is 5.82 Å². The van der Waals surface area contributed by atoms with Crippen molar-refractivity contribution in [3.8, 4) is 5.75 Å². The van der Waals surface area contributed by atoms with Gasteiger partial charge in [0.25, 0.3) is 0 Å². The van der Waals surface area contributed by atoms with Gasteiger partial charge in [0.2, 0.25) is 0 Å². The molecule has 1 aromatic heterocycles. The number of nitrogens with zero attached hydrogens (tertiary/aromatic N) is 3. The number of hydrogen-bond acceptors (Lipinski definition) is 4. The van der Waals surface area contributed by atoms with Crippen molar-refractivity contribution in [3.05, 3.63) is 41.7 Å². The second kappa shape index (κ2) is 5.79. The lowest BCUT2D eigenvalue weighted by molar-refractivity contribution is 0.188. The van der Waals surface area contributed by atoms with Gasteiger partial charge in [-0.25, -0.2) is 14.1 Å². The Morgan fingerprint density at radius 3 is 2.95 bits per heavy atom. The Hall–Kier alpha value is -1.95. The van der Waals surface area contributed by atoms with Crippen LogP contribution in [-0.4, -0.2) is 19.9 Å². The Kier molecular flexibility index (Phi) is 4.11. The topological polar surface area (TPSA) is 60.2 Å². The molecule has 1 aromatic carbocycles. The summed E-state index contributed by atoms with van der Waals surface area (Å²) in [5.41, 5.74) is 0.545. The molecule has 0 aliphatic heterocycles. The molecule has 0 amide bonds. The smallest absolute Gasteiger partial charge is 0.164 e. The fourth-order valence-corrected chi connectivity index (χ4v) is 1.78. The van der Waals surface area contributed by atoms with Crippen LogP contribution in [0.1, 0.15) is 31.3 Å². The van der Waals surface area contributed by atoms with Crippen LogP contribution in [0.5, 0.6) is 5.75 Å². The number of aliphatic hydroxyl groups is 1. The van der Waals surface area contributed by atoms with Gasteiger partial charge in [0.1, 0.15) is 24.5 Å². The first-order valence-corrected chi connectivity index (χ1v) is 6.08. The monoisotopic (exact) mass is 265 g/mol. The SMILES string of the molecule is CCn1ncnc1COc1cc(F)ccc1C(C)O. The Balaban J connectivity index is 2.17. The average Bonchev–Trinajstić information content (AvgIpc) is 2.83. The quantitative estimate of drug-likeness (QED) is 0.899. The maximum atomic E-state index is 13.2. The summed E-state index contributed by atoms with van der Waals surface area (Å²) >= 11 is 0. The first-order chi connectivity index (χ1) is 9.11. The predicted molar refractivity (Wildman–Crippen MR) is 67.1 cm³/mol. The molecule has 0 radical (unpaired) electrons. The van der Waals surface area contributed by atoms with Gasteiger partial charge in [-0.05, 0) is 26.0 Å². The van der Waals surface area contributed by atoms with E-state index in [9.17, 15) is 9.50 Å². The highest BCUT2D eigenvalue weighted by Gasteiger charge is 2.12. The summed E-state index contributed by atoms with van der Waals surface area (Å²) in [5.74, 6) is 0.570. The van der Waals surface area contributed by atoms with Gasteiger partial charge < -0.3 is 9.84 Å². The molecule has 0 saturated heterocycles. The van der Waals surface area contributed by atoms with Crippen LogP contribution < -0.4 is 4.74 Å². The van der Waals surface area contributed by atoms with Gasteiger partial charge >= 0.3 is 0 Å². The maximum Gasteiger partial charge on any atom is 0.164 e. The molecule has 1 atom stereocenters.